The number of ether oxygens (including phenoxy) is 1. The standard InChI is InChI=1S/C12H19N5O5/c1-15-10(9(7-14-15)17(20)21)16-5-3-12(22-2,4-6-16)8-13-11(18)19/h7,13H,3-6,8H2,1-2H3,(H,18,19). The molecule has 0 atom stereocenters. The maximum absolute atomic E-state index is 11.1. The van der Waals surface area contributed by atoms with E-state index in [0.717, 1.165) is 0 Å². The summed E-state index contributed by atoms with van der Waals surface area (Å²) in [6.07, 6.45) is 1.26. The third kappa shape index (κ3) is 3.11. The summed E-state index contributed by atoms with van der Waals surface area (Å²) >= 11 is 0. The predicted molar refractivity (Wildman–Crippen MR) is 77.1 cm³/mol. The molecule has 2 N–H and O–H groups in total. The average molecular weight is 313 g/mol. The highest BCUT2D eigenvalue weighted by Crippen LogP contribution is 2.33. The number of aryl methyl sites for hydroxylation is 1. The van der Waals surface area contributed by atoms with E-state index in [9.17, 15) is 14.9 Å². The van der Waals surface area contributed by atoms with Gasteiger partial charge in [0.2, 0.25) is 5.82 Å². The highest BCUT2D eigenvalue weighted by atomic mass is 16.6. The number of anilines is 1. The molecule has 0 aromatic carbocycles. The Balaban J connectivity index is 2.10. The van der Waals surface area contributed by atoms with Crippen LogP contribution in [0.3, 0.4) is 0 Å². The zero-order valence-electron chi connectivity index (χ0n) is 12.5. The number of nitro groups is 1. The zero-order valence-corrected chi connectivity index (χ0v) is 12.5. The van der Waals surface area contributed by atoms with Gasteiger partial charge in [-0.25, -0.2) is 9.48 Å². The van der Waals surface area contributed by atoms with Crippen molar-refractivity contribution in [2.75, 3.05) is 31.6 Å². The molecular weight excluding hydrogens is 294 g/mol. The van der Waals surface area contributed by atoms with Crippen LogP contribution in [0.15, 0.2) is 6.20 Å². The second kappa shape index (κ2) is 6.18. The molecule has 1 aliphatic rings. The molecule has 0 radical (unpaired) electrons. The van der Waals surface area contributed by atoms with E-state index in [1.54, 1.807) is 14.2 Å². The second-order valence-corrected chi connectivity index (χ2v) is 5.27. The van der Waals surface area contributed by atoms with Crippen LogP contribution < -0.4 is 10.2 Å². The topological polar surface area (TPSA) is 123 Å². The molecule has 1 aromatic rings. The molecule has 0 bridgehead atoms. The summed E-state index contributed by atoms with van der Waals surface area (Å²) in [6, 6.07) is 0. The van der Waals surface area contributed by atoms with Crippen LogP contribution in [-0.2, 0) is 11.8 Å². The zero-order chi connectivity index (χ0) is 16.3. The Morgan fingerprint density at radius 2 is 2.23 bits per heavy atom. The minimum Gasteiger partial charge on any atom is -0.465 e. The first kappa shape index (κ1) is 16.0. The van der Waals surface area contributed by atoms with Gasteiger partial charge < -0.3 is 20.1 Å². The Kier molecular flexibility index (Phi) is 4.50. The SMILES string of the molecule is COC1(CNC(=O)O)CCN(c2c([N+](=O)[O-])cnn2C)CC1. The van der Waals surface area contributed by atoms with Crippen LogP contribution in [0.2, 0.25) is 0 Å². The van der Waals surface area contributed by atoms with Crippen molar-refractivity contribution in [2.45, 2.75) is 18.4 Å². The number of hydrogen-bond acceptors (Lipinski definition) is 6. The monoisotopic (exact) mass is 313 g/mol. The molecule has 1 amide bonds. The fourth-order valence-electron chi connectivity index (χ4n) is 2.73. The van der Waals surface area contributed by atoms with Gasteiger partial charge in [-0.05, 0) is 12.8 Å². The lowest BCUT2D eigenvalue weighted by Crippen LogP contribution is -2.52. The smallest absolute Gasteiger partial charge is 0.404 e. The number of piperidine rings is 1. The number of methoxy groups -OCH3 is 1. The number of nitrogens with one attached hydrogen (secondary N) is 1. The number of amides is 1. The van der Waals surface area contributed by atoms with Crippen LogP contribution in [0.25, 0.3) is 0 Å². The summed E-state index contributed by atoms with van der Waals surface area (Å²) in [6.45, 7) is 1.24. The quantitative estimate of drug-likeness (QED) is 0.602. The van der Waals surface area contributed by atoms with Crippen molar-refractivity contribution in [3.63, 3.8) is 0 Å². The highest BCUT2D eigenvalue weighted by Gasteiger charge is 2.37. The van der Waals surface area contributed by atoms with Crippen LogP contribution in [-0.4, -0.2) is 58.2 Å². The first-order valence-corrected chi connectivity index (χ1v) is 6.82. The van der Waals surface area contributed by atoms with E-state index in [1.165, 1.54) is 10.9 Å². The summed E-state index contributed by atoms with van der Waals surface area (Å²) in [5, 5.41) is 26.1. The molecule has 22 heavy (non-hydrogen) atoms. The van der Waals surface area contributed by atoms with Gasteiger partial charge in [-0.3, -0.25) is 10.1 Å². The first-order valence-electron chi connectivity index (χ1n) is 6.82. The fraction of sp³-hybridized carbons (Fsp3) is 0.667. The Bertz CT molecular complexity index is 564. The molecule has 2 heterocycles. The van der Waals surface area contributed by atoms with Gasteiger partial charge in [0, 0.05) is 27.2 Å². The van der Waals surface area contributed by atoms with E-state index in [0.29, 0.717) is 31.7 Å². The fourth-order valence-corrected chi connectivity index (χ4v) is 2.73. The molecule has 2 rings (SSSR count). The van der Waals surface area contributed by atoms with Crippen LogP contribution in [0.5, 0.6) is 0 Å². The average Bonchev–Trinajstić information content (AvgIpc) is 2.88. The first-order chi connectivity index (χ1) is 10.4. The van der Waals surface area contributed by atoms with E-state index in [4.69, 9.17) is 9.84 Å². The van der Waals surface area contributed by atoms with Crippen molar-refractivity contribution in [2.24, 2.45) is 7.05 Å². The maximum atomic E-state index is 11.1. The number of carboxylic acid groups (broad SMARTS) is 1. The minimum atomic E-state index is -1.10. The van der Waals surface area contributed by atoms with Gasteiger partial charge >= 0.3 is 11.8 Å². The maximum Gasteiger partial charge on any atom is 0.404 e. The predicted octanol–water partition coefficient (Wildman–Crippen LogP) is 0.581. The third-order valence-corrected chi connectivity index (χ3v) is 4.05. The largest absolute Gasteiger partial charge is 0.465 e. The van der Waals surface area contributed by atoms with Crippen molar-refractivity contribution >= 4 is 17.6 Å². The van der Waals surface area contributed by atoms with Gasteiger partial charge in [0.25, 0.3) is 0 Å². The lowest BCUT2D eigenvalue weighted by Gasteiger charge is -2.41. The molecule has 10 heteroatoms. The van der Waals surface area contributed by atoms with Crippen molar-refractivity contribution in [1.82, 2.24) is 15.1 Å². The summed E-state index contributed by atoms with van der Waals surface area (Å²) < 4.78 is 6.97. The van der Waals surface area contributed by atoms with Crippen LogP contribution >= 0.6 is 0 Å². The van der Waals surface area contributed by atoms with Crippen molar-refractivity contribution < 1.29 is 19.6 Å². The van der Waals surface area contributed by atoms with Gasteiger partial charge in [0.15, 0.2) is 0 Å². The van der Waals surface area contributed by atoms with E-state index < -0.39 is 16.6 Å². The summed E-state index contributed by atoms with van der Waals surface area (Å²) in [4.78, 5) is 23.1. The highest BCUT2D eigenvalue weighted by molar-refractivity contribution is 5.64. The van der Waals surface area contributed by atoms with Crippen LogP contribution in [0.4, 0.5) is 16.3 Å². The van der Waals surface area contributed by atoms with E-state index in [-0.39, 0.29) is 12.2 Å². The summed E-state index contributed by atoms with van der Waals surface area (Å²) in [5.41, 5.74) is -0.612. The van der Waals surface area contributed by atoms with E-state index >= 15 is 0 Å². The molecule has 0 unspecified atom stereocenters. The number of nitrogens with zero attached hydrogens (tertiary/aromatic N) is 4. The molecule has 10 nitrogen and oxygen atoms in total. The summed E-state index contributed by atoms with van der Waals surface area (Å²) in [5.74, 6) is 0.459. The molecule has 1 saturated heterocycles. The molecule has 1 aromatic heterocycles. The Morgan fingerprint density at radius 1 is 1.59 bits per heavy atom. The number of aromatic nitrogens is 2. The van der Waals surface area contributed by atoms with Crippen molar-refractivity contribution in [3.8, 4) is 0 Å². The van der Waals surface area contributed by atoms with Gasteiger partial charge in [0.1, 0.15) is 6.20 Å². The van der Waals surface area contributed by atoms with Gasteiger partial charge in [0.05, 0.1) is 17.1 Å². The molecule has 122 valence electrons. The number of rotatable bonds is 5. The Labute approximate surface area is 126 Å². The Hall–Kier alpha value is -2.36. The molecule has 1 aliphatic heterocycles. The molecule has 0 saturated carbocycles. The van der Waals surface area contributed by atoms with Gasteiger partial charge in [-0.15, -0.1) is 0 Å². The second-order valence-electron chi connectivity index (χ2n) is 5.27. The summed E-state index contributed by atoms with van der Waals surface area (Å²) in [7, 11) is 3.21. The van der Waals surface area contributed by atoms with E-state index in [2.05, 4.69) is 10.4 Å². The lowest BCUT2D eigenvalue weighted by molar-refractivity contribution is -0.384. The molecule has 0 spiro atoms. The van der Waals surface area contributed by atoms with Crippen LogP contribution in [0, 0.1) is 10.1 Å². The minimum absolute atomic E-state index is 0.0314. The number of carbonyl (C=O) groups is 1. The van der Waals surface area contributed by atoms with Crippen molar-refractivity contribution in [3.05, 3.63) is 16.3 Å². The lowest BCUT2D eigenvalue weighted by atomic mass is 9.91. The van der Waals surface area contributed by atoms with Gasteiger partial charge in [-0.2, -0.15) is 5.10 Å². The normalized spacial score (nSPS) is 17.3. The van der Waals surface area contributed by atoms with E-state index in [1.807, 2.05) is 4.90 Å². The molecule has 1 fully saturated rings. The number of hydrogen-bond donors (Lipinski definition) is 2. The van der Waals surface area contributed by atoms with Crippen molar-refractivity contribution in [1.29, 1.82) is 0 Å². The van der Waals surface area contributed by atoms with Crippen LogP contribution in [0.1, 0.15) is 12.8 Å². The molecular formula is C12H19N5O5. The van der Waals surface area contributed by atoms with Gasteiger partial charge in [-0.1, -0.05) is 0 Å². The Morgan fingerprint density at radius 3 is 2.73 bits per heavy atom. The molecule has 0 aliphatic carbocycles. The third-order valence-electron chi connectivity index (χ3n) is 4.05.